The highest BCUT2D eigenvalue weighted by atomic mass is 16.3. The second-order valence-electron chi connectivity index (χ2n) is 5.49. The molecular weight excluding hydrogens is 226 g/mol. The summed E-state index contributed by atoms with van der Waals surface area (Å²) in [7, 11) is 0. The van der Waals surface area contributed by atoms with Crippen LogP contribution in [0.1, 0.15) is 25.7 Å². The van der Waals surface area contributed by atoms with Gasteiger partial charge in [0.1, 0.15) is 5.82 Å². The Morgan fingerprint density at radius 2 is 2.11 bits per heavy atom. The Hall–Kier alpha value is -1.13. The lowest BCUT2D eigenvalue weighted by Crippen LogP contribution is -2.49. The summed E-state index contributed by atoms with van der Waals surface area (Å²) in [6, 6.07) is 6.27. The Kier molecular flexibility index (Phi) is 3.22. The van der Waals surface area contributed by atoms with E-state index in [0.29, 0.717) is 6.04 Å². The summed E-state index contributed by atoms with van der Waals surface area (Å²) in [4.78, 5) is 4.34. The van der Waals surface area contributed by atoms with Gasteiger partial charge < -0.3 is 15.7 Å². The molecular formula is C14H21N3O. The van der Waals surface area contributed by atoms with Crippen molar-refractivity contribution in [2.24, 2.45) is 5.41 Å². The molecule has 3 rings (SSSR count). The summed E-state index contributed by atoms with van der Waals surface area (Å²) in [5.74, 6) is 0.925. The van der Waals surface area contributed by atoms with Gasteiger partial charge in [0, 0.05) is 17.7 Å². The topological polar surface area (TPSA) is 57.2 Å². The van der Waals surface area contributed by atoms with Crippen molar-refractivity contribution < 1.29 is 5.11 Å². The van der Waals surface area contributed by atoms with Crippen LogP contribution in [0.25, 0.3) is 0 Å². The molecule has 1 spiro atoms. The van der Waals surface area contributed by atoms with Crippen molar-refractivity contribution in [3.8, 4) is 0 Å². The maximum atomic E-state index is 10.4. The number of rotatable bonds is 2. The van der Waals surface area contributed by atoms with Crippen LogP contribution in [0.2, 0.25) is 0 Å². The molecule has 1 aromatic rings. The fraction of sp³-hybridized carbons (Fsp3) is 0.643. The number of piperidine rings is 1. The van der Waals surface area contributed by atoms with Gasteiger partial charge in [-0.1, -0.05) is 6.07 Å². The third-order valence-electron chi connectivity index (χ3n) is 4.61. The van der Waals surface area contributed by atoms with E-state index in [4.69, 9.17) is 0 Å². The zero-order valence-corrected chi connectivity index (χ0v) is 10.6. The molecule has 4 nitrogen and oxygen atoms in total. The molecule has 2 heterocycles. The lowest BCUT2D eigenvalue weighted by Gasteiger charge is -2.42. The standard InChI is InChI=1S/C14H21N3O/c18-12-5-4-11(14(12)6-9-15-10-7-14)17-13-3-1-2-8-16-13/h1-3,8,11-12,15,18H,4-7,9-10H2,(H,16,17). The average molecular weight is 247 g/mol. The van der Waals surface area contributed by atoms with Crippen LogP contribution in [0.15, 0.2) is 24.4 Å². The van der Waals surface area contributed by atoms with Gasteiger partial charge in [-0.3, -0.25) is 0 Å². The second kappa shape index (κ2) is 4.86. The number of anilines is 1. The van der Waals surface area contributed by atoms with Crippen LogP contribution in [0, 0.1) is 5.41 Å². The van der Waals surface area contributed by atoms with E-state index < -0.39 is 0 Å². The third kappa shape index (κ3) is 1.99. The van der Waals surface area contributed by atoms with Gasteiger partial charge in [-0.2, -0.15) is 0 Å². The predicted molar refractivity (Wildman–Crippen MR) is 71.4 cm³/mol. The number of nitrogens with one attached hydrogen (secondary N) is 2. The fourth-order valence-electron chi connectivity index (χ4n) is 3.55. The maximum Gasteiger partial charge on any atom is 0.126 e. The van der Waals surface area contributed by atoms with Crippen molar-refractivity contribution in [1.29, 1.82) is 0 Å². The Morgan fingerprint density at radius 3 is 2.83 bits per heavy atom. The molecule has 0 radical (unpaired) electrons. The van der Waals surface area contributed by atoms with Gasteiger partial charge in [-0.05, 0) is 50.9 Å². The maximum absolute atomic E-state index is 10.4. The predicted octanol–water partition coefficient (Wildman–Crippen LogP) is 1.39. The van der Waals surface area contributed by atoms with Gasteiger partial charge >= 0.3 is 0 Å². The average Bonchev–Trinajstić information content (AvgIpc) is 2.70. The summed E-state index contributed by atoms with van der Waals surface area (Å²) < 4.78 is 0. The molecule has 2 unspecified atom stereocenters. The van der Waals surface area contributed by atoms with Crippen LogP contribution in [0.4, 0.5) is 5.82 Å². The van der Waals surface area contributed by atoms with Gasteiger partial charge in [0.2, 0.25) is 0 Å². The molecule has 1 saturated carbocycles. The molecule has 4 heteroatoms. The molecule has 1 aromatic heterocycles. The van der Waals surface area contributed by atoms with Gasteiger partial charge in [-0.15, -0.1) is 0 Å². The minimum Gasteiger partial charge on any atom is -0.392 e. The van der Waals surface area contributed by atoms with Crippen molar-refractivity contribution in [2.45, 2.75) is 37.8 Å². The molecule has 0 amide bonds. The lowest BCUT2D eigenvalue weighted by molar-refractivity contribution is 0.0228. The van der Waals surface area contributed by atoms with Crippen LogP contribution < -0.4 is 10.6 Å². The lowest BCUT2D eigenvalue weighted by atomic mass is 9.73. The van der Waals surface area contributed by atoms with Crippen LogP contribution in [-0.2, 0) is 0 Å². The van der Waals surface area contributed by atoms with Gasteiger partial charge in [-0.25, -0.2) is 4.98 Å². The number of aliphatic hydroxyl groups excluding tert-OH is 1. The normalized spacial score (nSPS) is 30.5. The number of nitrogens with zero attached hydrogens (tertiary/aromatic N) is 1. The highest BCUT2D eigenvalue weighted by Crippen LogP contribution is 2.46. The van der Waals surface area contributed by atoms with E-state index in [2.05, 4.69) is 15.6 Å². The molecule has 2 atom stereocenters. The summed E-state index contributed by atoms with van der Waals surface area (Å²) in [5.41, 5.74) is 0.0444. The first-order valence-electron chi connectivity index (χ1n) is 6.88. The zero-order chi connectivity index (χ0) is 12.4. The van der Waals surface area contributed by atoms with Crippen LogP contribution in [0.3, 0.4) is 0 Å². The largest absolute Gasteiger partial charge is 0.392 e. The monoisotopic (exact) mass is 247 g/mol. The molecule has 0 bridgehead atoms. The molecule has 3 N–H and O–H groups in total. The summed E-state index contributed by atoms with van der Waals surface area (Å²) in [6.07, 6.45) is 5.70. The molecule has 1 saturated heterocycles. The molecule has 2 fully saturated rings. The zero-order valence-electron chi connectivity index (χ0n) is 10.6. The Balaban J connectivity index is 1.78. The summed E-state index contributed by atoms with van der Waals surface area (Å²) in [5, 5.41) is 17.3. The molecule has 98 valence electrons. The van der Waals surface area contributed by atoms with E-state index in [-0.39, 0.29) is 11.5 Å². The first-order chi connectivity index (χ1) is 8.81. The highest BCUT2D eigenvalue weighted by molar-refractivity contribution is 5.36. The Bertz CT molecular complexity index is 389. The minimum atomic E-state index is -0.166. The summed E-state index contributed by atoms with van der Waals surface area (Å²) in [6.45, 7) is 2.02. The van der Waals surface area contributed by atoms with Crippen LogP contribution in [-0.4, -0.2) is 35.3 Å². The smallest absolute Gasteiger partial charge is 0.126 e. The van der Waals surface area contributed by atoms with Gasteiger partial charge in [0.25, 0.3) is 0 Å². The number of pyridine rings is 1. The van der Waals surface area contributed by atoms with Crippen LogP contribution in [0.5, 0.6) is 0 Å². The van der Waals surface area contributed by atoms with Crippen molar-refractivity contribution in [1.82, 2.24) is 10.3 Å². The van der Waals surface area contributed by atoms with E-state index in [0.717, 1.165) is 44.6 Å². The first kappa shape index (κ1) is 11.9. The number of aliphatic hydroxyl groups is 1. The van der Waals surface area contributed by atoms with Crippen molar-refractivity contribution >= 4 is 5.82 Å². The summed E-state index contributed by atoms with van der Waals surface area (Å²) >= 11 is 0. The van der Waals surface area contributed by atoms with E-state index in [1.807, 2.05) is 24.4 Å². The molecule has 1 aliphatic heterocycles. The fourth-order valence-corrected chi connectivity index (χ4v) is 3.55. The van der Waals surface area contributed by atoms with Gasteiger partial charge in [0.05, 0.1) is 6.10 Å². The Morgan fingerprint density at radius 1 is 1.28 bits per heavy atom. The number of hydrogen-bond acceptors (Lipinski definition) is 4. The van der Waals surface area contributed by atoms with Crippen LogP contribution >= 0.6 is 0 Å². The molecule has 18 heavy (non-hydrogen) atoms. The quantitative estimate of drug-likeness (QED) is 0.739. The molecule has 2 aliphatic rings. The van der Waals surface area contributed by atoms with E-state index in [1.54, 1.807) is 0 Å². The molecule has 1 aliphatic carbocycles. The van der Waals surface area contributed by atoms with E-state index >= 15 is 0 Å². The van der Waals surface area contributed by atoms with Gasteiger partial charge in [0.15, 0.2) is 0 Å². The minimum absolute atomic E-state index is 0.0444. The van der Waals surface area contributed by atoms with E-state index in [1.165, 1.54) is 0 Å². The molecule has 0 aromatic carbocycles. The first-order valence-corrected chi connectivity index (χ1v) is 6.88. The Labute approximate surface area is 108 Å². The SMILES string of the molecule is OC1CCC(Nc2ccccn2)C12CCNCC2. The second-order valence-corrected chi connectivity index (χ2v) is 5.49. The van der Waals surface area contributed by atoms with Crippen molar-refractivity contribution in [3.63, 3.8) is 0 Å². The van der Waals surface area contributed by atoms with Crippen molar-refractivity contribution in [2.75, 3.05) is 18.4 Å². The van der Waals surface area contributed by atoms with E-state index in [9.17, 15) is 5.11 Å². The van der Waals surface area contributed by atoms with Crippen molar-refractivity contribution in [3.05, 3.63) is 24.4 Å². The highest BCUT2D eigenvalue weighted by Gasteiger charge is 2.49. The number of hydrogen-bond donors (Lipinski definition) is 3. The third-order valence-corrected chi connectivity index (χ3v) is 4.61. The number of aromatic nitrogens is 1.